The van der Waals surface area contributed by atoms with Gasteiger partial charge in [-0.25, -0.2) is 9.78 Å². The van der Waals surface area contributed by atoms with Crippen molar-refractivity contribution in [2.24, 2.45) is 0 Å². The summed E-state index contributed by atoms with van der Waals surface area (Å²) in [5, 5.41) is 9.19. The van der Waals surface area contributed by atoms with Crippen molar-refractivity contribution in [3.63, 3.8) is 0 Å². The molecule has 1 N–H and O–H groups in total. The predicted octanol–water partition coefficient (Wildman–Crippen LogP) is 2.22. The molecular formula is C15H19N3O2. The van der Waals surface area contributed by atoms with E-state index in [0.717, 1.165) is 18.1 Å². The summed E-state index contributed by atoms with van der Waals surface area (Å²) in [4.78, 5) is 17.9. The lowest BCUT2D eigenvalue weighted by Crippen LogP contribution is -2.34. The van der Waals surface area contributed by atoms with Gasteiger partial charge in [-0.1, -0.05) is 6.07 Å². The van der Waals surface area contributed by atoms with E-state index in [1.54, 1.807) is 18.5 Å². The van der Waals surface area contributed by atoms with Gasteiger partial charge in [-0.3, -0.25) is 4.90 Å². The van der Waals surface area contributed by atoms with E-state index in [2.05, 4.69) is 23.9 Å². The molecule has 1 saturated carbocycles. The average Bonchev–Trinajstić information content (AvgIpc) is 3.20. The van der Waals surface area contributed by atoms with E-state index in [-0.39, 0.29) is 5.56 Å². The Bertz CT molecular complexity index is 646. The second-order valence-corrected chi connectivity index (χ2v) is 5.62. The number of likely N-dealkylation sites (N-methyl/N-ethyl adjacent to an activating group) is 1. The Kier molecular flexibility index (Phi) is 3.22. The number of benzene rings is 1. The van der Waals surface area contributed by atoms with Crippen molar-refractivity contribution >= 4 is 17.0 Å². The molecule has 0 bridgehead atoms. The maximum Gasteiger partial charge on any atom is 0.337 e. The topological polar surface area (TPSA) is 58.4 Å². The molecule has 1 aromatic carbocycles. The van der Waals surface area contributed by atoms with Crippen molar-refractivity contribution in [3.05, 3.63) is 30.1 Å². The number of aromatic nitrogens is 2. The van der Waals surface area contributed by atoms with Crippen molar-refractivity contribution in [1.82, 2.24) is 14.5 Å². The second kappa shape index (κ2) is 4.90. The Morgan fingerprint density at radius 1 is 1.55 bits per heavy atom. The maximum atomic E-state index is 11.2. The monoisotopic (exact) mass is 273 g/mol. The summed E-state index contributed by atoms with van der Waals surface area (Å²) in [6.07, 6.45) is 4.32. The number of carboxylic acid groups (broad SMARTS) is 1. The van der Waals surface area contributed by atoms with Gasteiger partial charge >= 0.3 is 5.97 Å². The first-order valence-corrected chi connectivity index (χ1v) is 6.97. The van der Waals surface area contributed by atoms with Gasteiger partial charge < -0.3 is 9.67 Å². The molecule has 0 amide bonds. The summed E-state index contributed by atoms with van der Waals surface area (Å²) in [6, 6.07) is 6.43. The van der Waals surface area contributed by atoms with Crippen LogP contribution in [-0.2, 0) is 6.54 Å². The van der Waals surface area contributed by atoms with Crippen molar-refractivity contribution < 1.29 is 9.90 Å². The molecule has 2 aromatic rings. The van der Waals surface area contributed by atoms with E-state index in [0.29, 0.717) is 11.6 Å². The van der Waals surface area contributed by atoms with Gasteiger partial charge in [-0.05, 0) is 38.9 Å². The number of rotatable bonds is 5. The van der Waals surface area contributed by atoms with Gasteiger partial charge in [0.1, 0.15) is 5.52 Å². The van der Waals surface area contributed by atoms with Crippen LogP contribution in [0.2, 0.25) is 0 Å². The third-order valence-electron chi connectivity index (χ3n) is 4.16. The largest absolute Gasteiger partial charge is 0.478 e. The molecule has 1 atom stereocenters. The summed E-state index contributed by atoms with van der Waals surface area (Å²) in [5.74, 6) is -0.927. The molecule has 1 fully saturated rings. The summed E-state index contributed by atoms with van der Waals surface area (Å²) in [7, 11) is 2.16. The van der Waals surface area contributed by atoms with Crippen LogP contribution < -0.4 is 0 Å². The lowest BCUT2D eigenvalue weighted by atomic mass is 10.2. The third-order valence-corrected chi connectivity index (χ3v) is 4.16. The van der Waals surface area contributed by atoms with E-state index in [9.17, 15) is 9.90 Å². The van der Waals surface area contributed by atoms with Crippen LogP contribution in [0.1, 0.15) is 30.1 Å². The highest BCUT2D eigenvalue weighted by molar-refractivity contribution is 6.00. The number of carbonyl (C=O) groups is 1. The van der Waals surface area contributed by atoms with Crippen molar-refractivity contribution in [2.75, 3.05) is 7.05 Å². The standard InChI is InChI=1S/C15H19N3O2/c1-10(17(2)11-6-7-11)8-18-9-16-14-12(15(19)20)4-3-5-13(14)18/h3-5,9-11H,6-8H2,1-2H3,(H,19,20). The lowest BCUT2D eigenvalue weighted by molar-refractivity contribution is 0.0699. The zero-order valence-corrected chi connectivity index (χ0v) is 11.8. The van der Waals surface area contributed by atoms with Gasteiger partial charge in [0.25, 0.3) is 0 Å². The number of aromatic carboxylic acids is 1. The summed E-state index contributed by atoms with van der Waals surface area (Å²) >= 11 is 0. The SMILES string of the molecule is CC(Cn1cnc2c(C(=O)O)cccc21)N(C)C1CC1. The highest BCUT2D eigenvalue weighted by atomic mass is 16.4. The highest BCUT2D eigenvalue weighted by Crippen LogP contribution is 2.27. The Morgan fingerprint density at radius 3 is 2.95 bits per heavy atom. The molecule has 1 heterocycles. The van der Waals surface area contributed by atoms with Crippen LogP contribution >= 0.6 is 0 Å². The van der Waals surface area contributed by atoms with E-state index in [4.69, 9.17) is 0 Å². The van der Waals surface area contributed by atoms with E-state index in [1.807, 2.05) is 10.6 Å². The Morgan fingerprint density at radius 2 is 2.30 bits per heavy atom. The predicted molar refractivity (Wildman–Crippen MR) is 76.9 cm³/mol. The molecule has 0 saturated heterocycles. The minimum Gasteiger partial charge on any atom is -0.478 e. The third kappa shape index (κ3) is 2.29. The normalized spacial score (nSPS) is 16.8. The molecule has 106 valence electrons. The first-order valence-electron chi connectivity index (χ1n) is 6.97. The Labute approximate surface area is 117 Å². The molecule has 5 nitrogen and oxygen atoms in total. The number of para-hydroxylation sites is 1. The first-order chi connectivity index (χ1) is 9.58. The Balaban J connectivity index is 1.88. The number of nitrogens with zero attached hydrogens (tertiary/aromatic N) is 3. The lowest BCUT2D eigenvalue weighted by Gasteiger charge is -2.24. The van der Waals surface area contributed by atoms with Crippen LogP contribution in [0.4, 0.5) is 0 Å². The fourth-order valence-corrected chi connectivity index (χ4v) is 2.66. The van der Waals surface area contributed by atoms with Crippen molar-refractivity contribution in [2.45, 2.75) is 38.4 Å². The van der Waals surface area contributed by atoms with Crippen LogP contribution in [0.15, 0.2) is 24.5 Å². The van der Waals surface area contributed by atoms with Crippen LogP contribution in [-0.4, -0.2) is 44.7 Å². The second-order valence-electron chi connectivity index (χ2n) is 5.62. The molecular weight excluding hydrogens is 254 g/mol. The van der Waals surface area contributed by atoms with Gasteiger partial charge in [0.2, 0.25) is 0 Å². The number of carboxylic acids is 1. The molecule has 3 rings (SSSR count). The van der Waals surface area contributed by atoms with Crippen LogP contribution in [0, 0.1) is 0 Å². The van der Waals surface area contributed by atoms with Crippen LogP contribution in [0.5, 0.6) is 0 Å². The first kappa shape index (κ1) is 13.1. The number of hydrogen-bond donors (Lipinski definition) is 1. The average molecular weight is 273 g/mol. The van der Waals surface area contributed by atoms with Gasteiger partial charge in [0, 0.05) is 18.6 Å². The molecule has 1 unspecified atom stereocenters. The fraction of sp³-hybridized carbons (Fsp3) is 0.467. The van der Waals surface area contributed by atoms with Crippen LogP contribution in [0.3, 0.4) is 0 Å². The molecule has 1 aliphatic carbocycles. The number of imidazole rings is 1. The van der Waals surface area contributed by atoms with Crippen molar-refractivity contribution in [1.29, 1.82) is 0 Å². The summed E-state index contributed by atoms with van der Waals surface area (Å²) in [6.45, 7) is 3.03. The molecule has 0 radical (unpaired) electrons. The summed E-state index contributed by atoms with van der Waals surface area (Å²) in [5.41, 5.74) is 1.73. The minimum absolute atomic E-state index is 0.268. The molecule has 1 aliphatic rings. The van der Waals surface area contributed by atoms with E-state index >= 15 is 0 Å². The van der Waals surface area contributed by atoms with E-state index < -0.39 is 5.97 Å². The van der Waals surface area contributed by atoms with Crippen LogP contribution in [0.25, 0.3) is 11.0 Å². The number of fused-ring (bicyclic) bond motifs is 1. The molecule has 1 aromatic heterocycles. The molecule has 20 heavy (non-hydrogen) atoms. The van der Waals surface area contributed by atoms with Gasteiger partial charge in [0.05, 0.1) is 17.4 Å². The van der Waals surface area contributed by atoms with Gasteiger partial charge in [-0.15, -0.1) is 0 Å². The zero-order chi connectivity index (χ0) is 14.3. The quantitative estimate of drug-likeness (QED) is 0.907. The smallest absolute Gasteiger partial charge is 0.337 e. The van der Waals surface area contributed by atoms with Crippen molar-refractivity contribution in [3.8, 4) is 0 Å². The Hall–Kier alpha value is -1.88. The van der Waals surface area contributed by atoms with Gasteiger partial charge in [-0.2, -0.15) is 0 Å². The minimum atomic E-state index is -0.927. The summed E-state index contributed by atoms with van der Waals surface area (Å²) < 4.78 is 2.05. The maximum absolute atomic E-state index is 11.2. The molecule has 0 spiro atoms. The molecule has 5 heteroatoms. The highest BCUT2D eigenvalue weighted by Gasteiger charge is 2.29. The van der Waals surface area contributed by atoms with E-state index in [1.165, 1.54) is 12.8 Å². The molecule has 0 aliphatic heterocycles. The number of hydrogen-bond acceptors (Lipinski definition) is 3. The van der Waals surface area contributed by atoms with Gasteiger partial charge in [0.15, 0.2) is 0 Å². The fourth-order valence-electron chi connectivity index (χ4n) is 2.66. The zero-order valence-electron chi connectivity index (χ0n) is 11.8.